The molecule has 1 radical (unpaired) electrons. The van der Waals surface area contributed by atoms with Crippen LogP contribution in [-0.4, -0.2) is 24.2 Å². The van der Waals surface area contributed by atoms with Crippen LogP contribution in [0.1, 0.15) is 27.7 Å². The van der Waals surface area contributed by atoms with Crippen LogP contribution in [0.3, 0.4) is 0 Å². The fourth-order valence-corrected chi connectivity index (χ4v) is 1.61. The van der Waals surface area contributed by atoms with Crippen molar-refractivity contribution in [2.45, 2.75) is 38.8 Å². The molecule has 10 heavy (non-hydrogen) atoms. The van der Waals surface area contributed by atoms with Gasteiger partial charge in [-0.3, -0.25) is 0 Å². The van der Waals surface area contributed by atoms with Gasteiger partial charge in [0.25, 0.3) is 0 Å². The number of rotatable bonds is 0. The molecule has 0 unspecified atom stereocenters. The first-order valence-electron chi connectivity index (χ1n) is 3.84. The Labute approximate surface area is 63.4 Å². The molecular formula is C8H17N2. The molecule has 1 N–H and O–H groups in total. The van der Waals surface area contributed by atoms with E-state index in [4.69, 9.17) is 0 Å². The Morgan fingerprint density at radius 2 is 1.40 bits per heavy atom. The summed E-state index contributed by atoms with van der Waals surface area (Å²) < 4.78 is 0. The summed E-state index contributed by atoms with van der Waals surface area (Å²) in [4.78, 5) is 0. The van der Waals surface area contributed by atoms with Gasteiger partial charge in [-0.15, -0.1) is 0 Å². The Balaban J connectivity index is 2.56. The molecule has 0 bridgehead atoms. The molecule has 1 saturated heterocycles. The monoisotopic (exact) mass is 141 g/mol. The summed E-state index contributed by atoms with van der Waals surface area (Å²) in [5, 5.41) is 7.96. The van der Waals surface area contributed by atoms with Gasteiger partial charge in [-0.25, -0.2) is 5.32 Å². The van der Waals surface area contributed by atoms with Crippen molar-refractivity contribution in [3.05, 3.63) is 0 Å². The molecule has 1 aliphatic heterocycles. The summed E-state index contributed by atoms with van der Waals surface area (Å²) in [5.74, 6) is 0. The van der Waals surface area contributed by atoms with Crippen LogP contribution in [0, 0.1) is 0 Å². The summed E-state index contributed by atoms with van der Waals surface area (Å²) in [7, 11) is 0. The standard InChI is InChI=1S/C8H17N2/c1-7(2)5-9-6-8(3,4)10-7/h10H,5-6H2,1-4H3. The average Bonchev–Trinajstić information content (AvgIpc) is 1.56. The van der Waals surface area contributed by atoms with Crippen molar-refractivity contribution in [2.75, 3.05) is 13.1 Å². The zero-order chi connectivity index (χ0) is 7.83. The Morgan fingerprint density at radius 3 is 1.60 bits per heavy atom. The second-order valence-electron chi connectivity index (χ2n) is 4.43. The number of hydrogen-bond donors (Lipinski definition) is 1. The Hall–Kier alpha value is -0.0800. The lowest BCUT2D eigenvalue weighted by molar-refractivity contribution is 0.198. The van der Waals surface area contributed by atoms with Gasteiger partial charge in [-0.2, -0.15) is 0 Å². The molecule has 0 saturated carbocycles. The first-order valence-corrected chi connectivity index (χ1v) is 3.84. The van der Waals surface area contributed by atoms with Crippen LogP contribution in [0.25, 0.3) is 0 Å². The van der Waals surface area contributed by atoms with Gasteiger partial charge in [0.1, 0.15) is 0 Å². The maximum atomic E-state index is 4.42. The molecule has 2 heteroatoms. The lowest BCUT2D eigenvalue weighted by atomic mass is 9.93. The summed E-state index contributed by atoms with van der Waals surface area (Å²) in [6.45, 7) is 10.6. The molecule has 0 spiro atoms. The lowest BCUT2D eigenvalue weighted by Gasteiger charge is -2.42. The van der Waals surface area contributed by atoms with E-state index in [0.29, 0.717) is 0 Å². The van der Waals surface area contributed by atoms with Crippen LogP contribution in [0.2, 0.25) is 0 Å². The first kappa shape index (κ1) is 8.02. The van der Waals surface area contributed by atoms with E-state index in [1.165, 1.54) is 0 Å². The lowest BCUT2D eigenvalue weighted by Crippen LogP contribution is -2.63. The van der Waals surface area contributed by atoms with Gasteiger partial charge in [0.05, 0.1) is 0 Å². The minimum atomic E-state index is 0.196. The van der Waals surface area contributed by atoms with Crippen molar-refractivity contribution >= 4 is 0 Å². The maximum absolute atomic E-state index is 4.42. The molecule has 1 heterocycles. The minimum absolute atomic E-state index is 0.196. The molecule has 2 nitrogen and oxygen atoms in total. The van der Waals surface area contributed by atoms with Crippen molar-refractivity contribution in [2.24, 2.45) is 0 Å². The third-order valence-corrected chi connectivity index (χ3v) is 1.69. The van der Waals surface area contributed by atoms with Gasteiger partial charge in [0.15, 0.2) is 0 Å². The highest BCUT2D eigenvalue weighted by Crippen LogP contribution is 2.14. The van der Waals surface area contributed by atoms with E-state index in [-0.39, 0.29) is 11.1 Å². The number of hydrogen-bond acceptors (Lipinski definition) is 1. The molecule has 0 aliphatic carbocycles. The molecule has 0 aromatic carbocycles. The molecular weight excluding hydrogens is 124 g/mol. The largest absolute Gasteiger partial charge is 0.304 e. The molecule has 59 valence electrons. The second-order valence-corrected chi connectivity index (χ2v) is 4.43. The van der Waals surface area contributed by atoms with Gasteiger partial charge >= 0.3 is 0 Å². The van der Waals surface area contributed by atoms with Gasteiger partial charge in [0, 0.05) is 24.2 Å². The molecule has 1 fully saturated rings. The summed E-state index contributed by atoms with van der Waals surface area (Å²) in [5.41, 5.74) is 0.392. The fraction of sp³-hybridized carbons (Fsp3) is 1.00. The highest BCUT2D eigenvalue weighted by atomic mass is 15.1. The third kappa shape index (κ3) is 1.96. The normalized spacial score (nSPS) is 30.0. The third-order valence-electron chi connectivity index (χ3n) is 1.69. The number of nitrogens with one attached hydrogen (secondary N) is 1. The van der Waals surface area contributed by atoms with Crippen molar-refractivity contribution in [1.82, 2.24) is 10.6 Å². The van der Waals surface area contributed by atoms with E-state index in [1.807, 2.05) is 0 Å². The van der Waals surface area contributed by atoms with Crippen molar-refractivity contribution in [3.8, 4) is 0 Å². The number of nitrogens with zero attached hydrogens (tertiary/aromatic N) is 1. The molecule has 0 atom stereocenters. The van der Waals surface area contributed by atoms with Crippen LogP contribution in [0.4, 0.5) is 0 Å². The van der Waals surface area contributed by atoms with E-state index >= 15 is 0 Å². The van der Waals surface area contributed by atoms with Gasteiger partial charge in [-0.1, -0.05) is 0 Å². The first-order chi connectivity index (χ1) is 4.41. The average molecular weight is 141 g/mol. The van der Waals surface area contributed by atoms with Gasteiger partial charge in [-0.05, 0) is 27.7 Å². The van der Waals surface area contributed by atoms with Crippen LogP contribution in [0.15, 0.2) is 0 Å². The SMILES string of the molecule is CC1(C)C[N]CC(C)(C)N1. The quantitative estimate of drug-likeness (QED) is 0.529. The second kappa shape index (κ2) is 2.21. The summed E-state index contributed by atoms with van der Waals surface area (Å²) in [6, 6.07) is 0. The van der Waals surface area contributed by atoms with Crippen LogP contribution in [0.5, 0.6) is 0 Å². The molecule has 0 aromatic heterocycles. The van der Waals surface area contributed by atoms with Crippen molar-refractivity contribution in [3.63, 3.8) is 0 Å². The van der Waals surface area contributed by atoms with Gasteiger partial charge in [0.2, 0.25) is 0 Å². The zero-order valence-electron chi connectivity index (χ0n) is 7.36. The van der Waals surface area contributed by atoms with E-state index in [0.717, 1.165) is 13.1 Å². The molecule has 0 amide bonds. The smallest absolute Gasteiger partial charge is 0.0311 e. The van der Waals surface area contributed by atoms with Crippen LogP contribution < -0.4 is 10.6 Å². The minimum Gasteiger partial charge on any atom is -0.304 e. The summed E-state index contributed by atoms with van der Waals surface area (Å²) >= 11 is 0. The highest BCUT2D eigenvalue weighted by Gasteiger charge is 2.32. The molecule has 1 aliphatic rings. The van der Waals surface area contributed by atoms with Crippen molar-refractivity contribution in [1.29, 1.82) is 0 Å². The molecule has 1 rings (SSSR count). The highest BCUT2D eigenvalue weighted by molar-refractivity contribution is 4.95. The predicted molar refractivity (Wildman–Crippen MR) is 43.2 cm³/mol. The topological polar surface area (TPSA) is 26.1 Å². The number of piperazine rings is 1. The van der Waals surface area contributed by atoms with Crippen LogP contribution >= 0.6 is 0 Å². The summed E-state index contributed by atoms with van der Waals surface area (Å²) in [6.07, 6.45) is 0. The van der Waals surface area contributed by atoms with E-state index in [9.17, 15) is 0 Å². The molecule has 0 aromatic rings. The van der Waals surface area contributed by atoms with Crippen molar-refractivity contribution < 1.29 is 0 Å². The Kier molecular flexibility index (Phi) is 1.77. The van der Waals surface area contributed by atoms with Crippen LogP contribution in [-0.2, 0) is 0 Å². The van der Waals surface area contributed by atoms with E-state index in [1.54, 1.807) is 0 Å². The fourth-order valence-electron chi connectivity index (χ4n) is 1.61. The zero-order valence-corrected chi connectivity index (χ0v) is 7.36. The maximum Gasteiger partial charge on any atom is 0.0311 e. The Morgan fingerprint density at radius 1 is 1.00 bits per heavy atom. The van der Waals surface area contributed by atoms with Gasteiger partial charge < -0.3 is 5.32 Å². The van der Waals surface area contributed by atoms with E-state index < -0.39 is 0 Å². The predicted octanol–water partition coefficient (Wildman–Crippen LogP) is 0.751. The van der Waals surface area contributed by atoms with E-state index in [2.05, 4.69) is 38.3 Å². The Bertz CT molecular complexity index is 113.